The maximum absolute atomic E-state index is 5.72. The van der Waals surface area contributed by atoms with Gasteiger partial charge in [0, 0.05) is 13.1 Å². The summed E-state index contributed by atoms with van der Waals surface area (Å²) in [4.78, 5) is 14.2. The Kier molecular flexibility index (Phi) is 3.42. The van der Waals surface area contributed by atoms with Gasteiger partial charge in [-0.2, -0.15) is 9.97 Å². The molecular weight excluding hydrogens is 188 g/mol. The highest BCUT2D eigenvalue weighted by Gasteiger charge is 2.07. The van der Waals surface area contributed by atoms with E-state index >= 15 is 0 Å². The molecule has 0 saturated carbocycles. The van der Waals surface area contributed by atoms with Gasteiger partial charge in [-0.15, -0.1) is 0 Å². The summed E-state index contributed by atoms with van der Waals surface area (Å²) in [6, 6.07) is 0. The van der Waals surface area contributed by atoms with Crippen LogP contribution in [0.2, 0.25) is 5.28 Å². The average Bonchev–Trinajstić information content (AvgIpc) is 2.04. The number of aromatic nitrogens is 3. The number of anilines is 1. The minimum atomic E-state index is 0.259. The van der Waals surface area contributed by atoms with E-state index in [0.29, 0.717) is 11.8 Å². The molecule has 13 heavy (non-hydrogen) atoms. The van der Waals surface area contributed by atoms with Gasteiger partial charge in [0.15, 0.2) is 0 Å². The van der Waals surface area contributed by atoms with Crippen molar-refractivity contribution >= 4 is 17.5 Å². The normalized spacial score (nSPS) is 10.2. The van der Waals surface area contributed by atoms with Gasteiger partial charge in [0.25, 0.3) is 0 Å². The quantitative estimate of drug-likeness (QED) is 0.745. The van der Waals surface area contributed by atoms with E-state index in [-0.39, 0.29) is 5.28 Å². The highest BCUT2D eigenvalue weighted by molar-refractivity contribution is 6.28. The summed E-state index contributed by atoms with van der Waals surface area (Å²) in [6.45, 7) is 7.65. The van der Waals surface area contributed by atoms with Crippen LogP contribution in [0.4, 0.5) is 5.95 Å². The van der Waals surface area contributed by atoms with E-state index in [0.717, 1.165) is 13.1 Å². The standard InChI is InChI=1S/C8H13ClN4/c1-4-13(5-2)8-11-6(3)10-7(9)12-8/h4-5H2,1-3H3. The van der Waals surface area contributed by atoms with Crippen LogP contribution in [0.5, 0.6) is 0 Å². The molecular formula is C8H13ClN4. The lowest BCUT2D eigenvalue weighted by Gasteiger charge is -2.18. The van der Waals surface area contributed by atoms with Crippen LogP contribution in [-0.4, -0.2) is 28.0 Å². The topological polar surface area (TPSA) is 41.9 Å². The minimum Gasteiger partial charge on any atom is -0.341 e. The van der Waals surface area contributed by atoms with Gasteiger partial charge in [0.05, 0.1) is 0 Å². The third-order valence-corrected chi connectivity index (χ3v) is 1.92. The second-order valence-corrected chi connectivity index (χ2v) is 2.96. The Hall–Kier alpha value is -0.900. The maximum atomic E-state index is 5.72. The van der Waals surface area contributed by atoms with Crippen LogP contribution in [0.15, 0.2) is 0 Å². The first-order valence-corrected chi connectivity index (χ1v) is 4.68. The summed E-state index contributed by atoms with van der Waals surface area (Å²) in [5.74, 6) is 1.31. The minimum absolute atomic E-state index is 0.259. The van der Waals surface area contributed by atoms with Gasteiger partial charge in [-0.3, -0.25) is 0 Å². The van der Waals surface area contributed by atoms with E-state index in [1.54, 1.807) is 6.92 Å². The Morgan fingerprint density at radius 1 is 1.15 bits per heavy atom. The molecule has 4 nitrogen and oxygen atoms in total. The van der Waals surface area contributed by atoms with Crippen molar-refractivity contribution in [3.63, 3.8) is 0 Å². The molecule has 0 unspecified atom stereocenters. The van der Waals surface area contributed by atoms with Crippen LogP contribution < -0.4 is 4.90 Å². The van der Waals surface area contributed by atoms with Crippen LogP contribution in [0.1, 0.15) is 19.7 Å². The van der Waals surface area contributed by atoms with Crippen LogP contribution in [0.3, 0.4) is 0 Å². The predicted molar refractivity (Wildman–Crippen MR) is 53.1 cm³/mol. The molecule has 0 aliphatic heterocycles. The molecule has 0 aliphatic carbocycles. The highest BCUT2D eigenvalue weighted by Crippen LogP contribution is 2.09. The Labute approximate surface area is 83.0 Å². The van der Waals surface area contributed by atoms with Gasteiger partial charge in [-0.05, 0) is 32.4 Å². The van der Waals surface area contributed by atoms with Crippen molar-refractivity contribution in [3.05, 3.63) is 11.1 Å². The van der Waals surface area contributed by atoms with E-state index in [4.69, 9.17) is 11.6 Å². The van der Waals surface area contributed by atoms with Crippen LogP contribution in [-0.2, 0) is 0 Å². The first kappa shape index (κ1) is 10.2. The molecule has 0 saturated heterocycles. The monoisotopic (exact) mass is 200 g/mol. The summed E-state index contributed by atoms with van der Waals surface area (Å²) in [6.07, 6.45) is 0. The predicted octanol–water partition coefficient (Wildman–Crippen LogP) is 1.68. The molecule has 1 aromatic heterocycles. The fourth-order valence-electron chi connectivity index (χ4n) is 1.08. The van der Waals surface area contributed by atoms with Crippen LogP contribution >= 0.6 is 11.6 Å². The largest absolute Gasteiger partial charge is 0.341 e. The van der Waals surface area contributed by atoms with Crippen molar-refractivity contribution in [2.24, 2.45) is 0 Å². The Morgan fingerprint density at radius 3 is 2.23 bits per heavy atom. The van der Waals surface area contributed by atoms with Crippen molar-refractivity contribution in [2.75, 3.05) is 18.0 Å². The number of halogens is 1. The molecule has 0 radical (unpaired) electrons. The molecule has 0 aromatic carbocycles. The fraction of sp³-hybridized carbons (Fsp3) is 0.625. The second-order valence-electron chi connectivity index (χ2n) is 2.62. The van der Waals surface area contributed by atoms with E-state index in [2.05, 4.69) is 28.8 Å². The van der Waals surface area contributed by atoms with Gasteiger partial charge < -0.3 is 4.90 Å². The molecule has 0 N–H and O–H groups in total. The molecule has 5 heteroatoms. The molecule has 0 spiro atoms. The SMILES string of the molecule is CCN(CC)c1nc(C)nc(Cl)n1. The number of hydrogen-bond donors (Lipinski definition) is 0. The first-order valence-electron chi connectivity index (χ1n) is 4.30. The van der Waals surface area contributed by atoms with E-state index < -0.39 is 0 Å². The lowest BCUT2D eigenvalue weighted by molar-refractivity contribution is 0.801. The number of nitrogens with zero attached hydrogens (tertiary/aromatic N) is 4. The molecule has 0 bridgehead atoms. The van der Waals surface area contributed by atoms with Gasteiger partial charge in [0.1, 0.15) is 5.82 Å². The summed E-state index contributed by atoms with van der Waals surface area (Å²) in [5.41, 5.74) is 0. The lowest BCUT2D eigenvalue weighted by Crippen LogP contribution is -2.24. The van der Waals surface area contributed by atoms with Crippen molar-refractivity contribution in [1.29, 1.82) is 0 Å². The van der Waals surface area contributed by atoms with Gasteiger partial charge in [-0.1, -0.05) is 0 Å². The van der Waals surface area contributed by atoms with E-state index in [1.165, 1.54) is 0 Å². The number of aryl methyl sites for hydroxylation is 1. The molecule has 1 aromatic rings. The summed E-state index contributed by atoms with van der Waals surface area (Å²) >= 11 is 5.72. The zero-order chi connectivity index (χ0) is 9.84. The third-order valence-electron chi connectivity index (χ3n) is 1.75. The molecule has 0 amide bonds. The molecule has 72 valence electrons. The Balaban J connectivity index is 2.99. The molecule has 1 rings (SSSR count). The zero-order valence-corrected chi connectivity index (χ0v) is 8.84. The first-order chi connectivity index (χ1) is 6.17. The average molecular weight is 201 g/mol. The molecule has 0 aliphatic rings. The van der Waals surface area contributed by atoms with E-state index in [9.17, 15) is 0 Å². The lowest BCUT2D eigenvalue weighted by atomic mass is 10.5. The Bertz CT molecular complexity index is 265. The smallest absolute Gasteiger partial charge is 0.229 e. The molecule has 0 atom stereocenters. The summed E-state index contributed by atoms with van der Waals surface area (Å²) in [7, 11) is 0. The Morgan fingerprint density at radius 2 is 1.77 bits per heavy atom. The van der Waals surface area contributed by atoms with Crippen molar-refractivity contribution in [1.82, 2.24) is 15.0 Å². The van der Waals surface area contributed by atoms with Crippen LogP contribution in [0.25, 0.3) is 0 Å². The van der Waals surface area contributed by atoms with Gasteiger partial charge in [0.2, 0.25) is 11.2 Å². The van der Waals surface area contributed by atoms with Crippen molar-refractivity contribution in [3.8, 4) is 0 Å². The molecule has 0 fully saturated rings. The van der Waals surface area contributed by atoms with Crippen molar-refractivity contribution < 1.29 is 0 Å². The maximum Gasteiger partial charge on any atom is 0.229 e. The number of hydrogen-bond acceptors (Lipinski definition) is 4. The third kappa shape index (κ3) is 2.52. The van der Waals surface area contributed by atoms with Gasteiger partial charge >= 0.3 is 0 Å². The van der Waals surface area contributed by atoms with Crippen LogP contribution in [0, 0.1) is 6.92 Å². The number of rotatable bonds is 3. The van der Waals surface area contributed by atoms with E-state index in [1.807, 2.05) is 4.90 Å². The second kappa shape index (κ2) is 4.37. The summed E-state index contributed by atoms with van der Waals surface area (Å²) in [5, 5.41) is 0.259. The van der Waals surface area contributed by atoms with Gasteiger partial charge in [-0.25, -0.2) is 4.98 Å². The van der Waals surface area contributed by atoms with Crippen molar-refractivity contribution in [2.45, 2.75) is 20.8 Å². The molecule has 1 heterocycles. The summed E-state index contributed by atoms with van der Waals surface area (Å²) < 4.78 is 0. The fourth-order valence-corrected chi connectivity index (χ4v) is 1.28. The zero-order valence-electron chi connectivity index (χ0n) is 8.08. The highest BCUT2D eigenvalue weighted by atomic mass is 35.5.